The summed E-state index contributed by atoms with van der Waals surface area (Å²) in [5.41, 5.74) is 0.0850. The highest BCUT2D eigenvalue weighted by Gasteiger charge is 2.31. The molecule has 0 aromatic carbocycles. The molecule has 1 aliphatic rings. The van der Waals surface area contributed by atoms with Crippen LogP contribution in [0.3, 0.4) is 0 Å². The van der Waals surface area contributed by atoms with Gasteiger partial charge in [-0.1, -0.05) is 0 Å². The SMILES string of the molecule is CC(=O)N1c2c(C(=O)O)cnn2CCC1C. The summed E-state index contributed by atoms with van der Waals surface area (Å²) in [6.45, 7) is 3.99. The van der Waals surface area contributed by atoms with Crippen LogP contribution in [0.25, 0.3) is 0 Å². The fourth-order valence-corrected chi connectivity index (χ4v) is 2.05. The van der Waals surface area contributed by atoms with Crippen molar-refractivity contribution in [2.24, 2.45) is 0 Å². The van der Waals surface area contributed by atoms with Crippen LogP contribution in [-0.4, -0.2) is 32.8 Å². The van der Waals surface area contributed by atoms with E-state index in [0.29, 0.717) is 12.4 Å². The third kappa shape index (κ3) is 1.46. The number of carbonyl (C=O) groups is 2. The average molecular weight is 223 g/mol. The van der Waals surface area contributed by atoms with Crippen molar-refractivity contribution >= 4 is 17.7 Å². The Morgan fingerprint density at radius 1 is 1.56 bits per heavy atom. The zero-order valence-electron chi connectivity index (χ0n) is 9.17. The Balaban J connectivity index is 2.56. The molecule has 0 saturated carbocycles. The normalized spacial score (nSPS) is 19.4. The Hall–Kier alpha value is -1.85. The molecule has 6 nitrogen and oxygen atoms in total. The maximum Gasteiger partial charge on any atom is 0.341 e. The van der Waals surface area contributed by atoms with E-state index >= 15 is 0 Å². The predicted octanol–water partition coefficient (Wildman–Crippen LogP) is 0.726. The molecule has 1 atom stereocenters. The summed E-state index contributed by atoms with van der Waals surface area (Å²) < 4.78 is 1.57. The predicted molar refractivity (Wildman–Crippen MR) is 56.4 cm³/mol. The molecule has 1 aliphatic heterocycles. The van der Waals surface area contributed by atoms with Gasteiger partial charge < -0.3 is 5.11 Å². The molecule has 6 heteroatoms. The third-order valence-electron chi connectivity index (χ3n) is 2.81. The van der Waals surface area contributed by atoms with E-state index < -0.39 is 5.97 Å². The van der Waals surface area contributed by atoms with Crippen molar-refractivity contribution in [1.29, 1.82) is 0 Å². The maximum atomic E-state index is 11.5. The zero-order chi connectivity index (χ0) is 11.9. The molecule has 1 aromatic rings. The second-order valence-electron chi connectivity index (χ2n) is 3.94. The summed E-state index contributed by atoms with van der Waals surface area (Å²) in [7, 11) is 0. The highest BCUT2D eigenvalue weighted by Crippen LogP contribution is 2.28. The second kappa shape index (κ2) is 3.62. The van der Waals surface area contributed by atoms with Gasteiger partial charge in [0.1, 0.15) is 11.4 Å². The van der Waals surface area contributed by atoms with Gasteiger partial charge >= 0.3 is 5.97 Å². The van der Waals surface area contributed by atoms with Gasteiger partial charge in [-0.15, -0.1) is 0 Å². The summed E-state index contributed by atoms with van der Waals surface area (Å²) in [4.78, 5) is 24.1. The lowest BCUT2D eigenvalue weighted by Gasteiger charge is -2.33. The van der Waals surface area contributed by atoms with Gasteiger partial charge in [-0.3, -0.25) is 9.69 Å². The number of fused-ring (bicyclic) bond motifs is 1. The molecule has 0 bridgehead atoms. The summed E-state index contributed by atoms with van der Waals surface area (Å²) in [6, 6.07) is 0.0137. The number of carboxylic acids is 1. The van der Waals surface area contributed by atoms with Gasteiger partial charge in [-0.25, -0.2) is 9.48 Å². The van der Waals surface area contributed by atoms with Crippen LogP contribution >= 0.6 is 0 Å². The largest absolute Gasteiger partial charge is 0.477 e. The van der Waals surface area contributed by atoms with E-state index in [4.69, 9.17) is 5.11 Å². The Kier molecular flexibility index (Phi) is 2.41. The zero-order valence-corrected chi connectivity index (χ0v) is 9.17. The number of carbonyl (C=O) groups excluding carboxylic acids is 1. The van der Waals surface area contributed by atoms with Gasteiger partial charge in [0.2, 0.25) is 5.91 Å². The van der Waals surface area contributed by atoms with E-state index in [9.17, 15) is 9.59 Å². The number of anilines is 1. The molecule has 0 saturated heterocycles. The van der Waals surface area contributed by atoms with Crippen molar-refractivity contribution in [2.45, 2.75) is 32.9 Å². The first-order valence-electron chi connectivity index (χ1n) is 5.11. The van der Waals surface area contributed by atoms with Crippen LogP contribution in [0.2, 0.25) is 0 Å². The minimum atomic E-state index is -1.05. The van der Waals surface area contributed by atoms with Gasteiger partial charge in [0, 0.05) is 19.5 Å². The molecule has 1 aromatic heterocycles. The van der Waals surface area contributed by atoms with Crippen LogP contribution < -0.4 is 4.90 Å². The van der Waals surface area contributed by atoms with E-state index in [2.05, 4.69) is 5.10 Å². The van der Waals surface area contributed by atoms with Crippen LogP contribution in [0.1, 0.15) is 30.6 Å². The Morgan fingerprint density at radius 2 is 2.25 bits per heavy atom. The van der Waals surface area contributed by atoms with E-state index in [1.807, 2.05) is 6.92 Å². The first-order chi connectivity index (χ1) is 7.52. The number of aryl methyl sites for hydroxylation is 1. The number of aromatic nitrogens is 2. The molecule has 2 heterocycles. The molecule has 0 aliphatic carbocycles. The van der Waals surface area contributed by atoms with Crippen LogP contribution in [-0.2, 0) is 11.3 Å². The number of hydrogen-bond donors (Lipinski definition) is 1. The number of amides is 1. The van der Waals surface area contributed by atoms with Gasteiger partial charge in [0.25, 0.3) is 0 Å². The molecular weight excluding hydrogens is 210 g/mol. The molecule has 1 amide bonds. The number of nitrogens with zero attached hydrogens (tertiary/aromatic N) is 3. The number of hydrogen-bond acceptors (Lipinski definition) is 3. The molecule has 16 heavy (non-hydrogen) atoms. The number of rotatable bonds is 1. The molecular formula is C10H13N3O3. The minimum Gasteiger partial charge on any atom is -0.477 e. The van der Waals surface area contributed by atoms with Crippen molar-refractivity contribution < 1.29 is 14.7 Å². The van der Waals surface area contributed by atoms with Crippen LogP contribution in [0.5, 0.6) is 0 Å². The quantitative estimate of drug-likeness (QED) is 0.761. The van der Waals surface area contributed by atoms with E-state index in [1.165, 1.54) is 18.0 Å². The Morgan fingerprint density at radius 3 is 2.81 bits per heavy atom. The highest BCUT2D eigenvalue weighted by molar-refractivity contribution is 6.00. The number of carboxylic acid groups (broad SMARTS) is 1. The van der Waals surface area contributed by atoms with Gasteiger partial charge in [-0.05, 0) is 13.3 Å². The van der Waals surface area contributed by atoms with E-state index in [-0.39, 0.29) is 17.5 Å². The van der Waals surface area contributed by atoms with E-state index in [0.717, 1.165) is 6.42 Å². The molecule has 2 rings (SSSR count). The van der Waals surface area contributed by atoms with Crippen molar-refractivity contribution in [3.63, 3.8) is 0 Å². The van der Waals surface area contributed by atoms with Gasteiger partial charge in [0.05, 0.1) is 6.20 Å². The van der Waals surface area contributed by atoms with Crippen molar-refractivity contribution in [1.82, 2.24) is 9.78 Å². The van der Waals surface area contributed by atoms with Crippen molar-refractivity contribution in [3.8, 4) is 0 Å². The first kappa shape index (κ1) is 10.7. The van der Waals surface area contributed by atoms with Crippen LogP contribution in [0.4, 0.5) is 5.82 Å². The number of aromatic carboxylic acids is 1. The molecule has 0 radical (unpaired) electrons. The monoisotopic (exact) mass is 223 g/mol. The van der Waals surface area contributed by atoms with Crippen molar-refractivity contribution in [2.75, 3.05) is 4.90 Å². The third-order valence-corrected chi connectivity index (χ3v) is 2.81. The second-order valence-corrected chi connectivity index (χ2v) is 3.94. The van der Waals surface area contributed by atoms with Crippen LogP contribution in [0, 0.1) is 0 Å². The lowest BCUT2D eigenvalue weighted by atomic mass is 10.1. The lowest BCUT2D eigenvalue weighted by Crippen LogP contribution is -2.43. The fourth-order valence-electron chi connectivity index (χ4n) is 2.05. The highest BCUT2D eigenvalue weighted by atomic mass is 16.4. The van der Waals surface area contributed by atoms with Gasteiger partial charge in [-0.2, -0.15) is 5.10 Å². The van der Waals surface area contributed by atoms with Crippen molar-refractivity contribution in [3.05, 3.63) is 11.8 Å². The molecule has 0 spiro atoms. The van der Waals surface area contributed by atoms with Gasteiger partial charge in [0.15, 0.2) is 0 Å². The summed E-state index contributed by atoms with van der Waals surface area (Å²) >= 11 is 0. The summed E-state index contributed by atoms with van der Waals surface area (Å²) in [6.07, 6.45) is 2.08. The minimum absolute atomic E-state index is 0.0137. The molecule has 86 valence electrons. The molecule has 0 fully saturated rings. The van der Waals surface area contributed by atoms with Crippen LogP contribution in [0.15, 0.2) is 6.20 Å². The summed E-state index contributed by atoms with van der Waals surface area (Å²) in [5, 5.41) is 13.0. The smallest absolute Gasteiger partial charge is 0.341 e. The summed E-state index contributed by atoms with van der Waals surface area (Å²) in [5.74, 6) is -0.809. The average Bonchev–Trinajstić information content (AvgIpc) is 2.60. The Labute approximate surface area is 92.5 Å². The molecule has 1 N–H and O–H groups in total. The Bertz CT molecular complexity index is 452. The lowest BCUT2D eigenvalue weighted by molar-refractivity contribution is -0.117. The first-order valence-corrected chi connectivity index (χ1v) is 5.11. The maximum absolute atomic E-state index is 11.5. The topological polar surface area (TPSA) is 75.4 Å². The fraction of sp³-hybridized carbons (Fsp3) is 0.500. The molecule has 1 unspecified atom stereocenters. The standard InChI is InChI=1S/C10H13N3O3/c1-6-3-4-12-9(13(6)7(2)14)8(5-11-12)10(15)16/h5-6H,3-4H2,1-2H3,(H,15,16). The van der Waals surface area contributed by atoms with E-state index in [1.54, 1.807) is 4.68 Å².